The summed E-state index contributed by atoms with van der Waals surface area (Å²) in [6, 6.07) is 16.0. The zero-order valence-electron chi connectivity index (χ0n) is 16.7. The number of benzene rings is 2. The van der Waals surface area contributed by atoms with Crippen molar-refractivity contribution in [2.75, 3.05) is 25.7 Å². The highest BCUT2D eigenvalue weighted by atomic mass is 16.5. The number of amides is 1. The first kappa shape index (κ1) is 19.0. The van der Waals surface area contributed by atoms with Crippen LogP contribution in [0.2, 0.25) is 0 Å². The van der Waals surface area contributed by atoms with Crippen LogP contribution < -0.4 is 14.4 Å². The second kappa shape index (κ2) is 8.35. The number of carbonyl (C=O) groups excluding carboxylic acids is 1. The predicted octanol–water partition coefficient (Wildman–Crippen LogP) is 4.29. The Morgan fingerprint density at radius 3 is 2.59 bits per heavy atom. The first-order valence-corrected chi connectivity index (χ1v) is 9.74. The number of aryl methyl sites for hydroxylation is 1. The van der Waals surface area contributed by atoms with Gasteiger partial charge in [0.1, 0.15) is 11.5 Å². The third kappa shape index (κ3) is 3.94. The van der Waals surface area contributed by atoms with Gasteiger partial charge in [-0.1, -0.05) is 12.1 Å². The maximum absolute atomic E-state index is 12.9. The Hall–Kier alpha value is -3.34. The Balaban J connectivity index is 1.47. The first-order chi connectivity index (χ1) is 14.2. The maximum Gasteiger partial charge on any atom is 0.227 e. The Morgan fingerprint density at radius 2 is 1.83 bits per heavy atom. The van der Waals surface area contributed by atoms with E-state index in [0.717, 1.165) is 46.8 Å². The van der Waals surface area contributed by atoms with Crippen molar-refractivity contribution < 1.29 is 14.3 Å². The Bertz CT molecular complexity index is 1020. The van der Waals surface area contributed by atoms with Crippen molar-refractivity contribution in [1.82, 2.24) is 4.98 Å². The molecule has 2 heterocycles. The number of hydrogen-bond donors (Lipinski definition) is 0. The molecule has 5 heteroatoms. The van der Waals surface area contributed by atoms with Crippen LogP contribution in [0.5, 0.6) is 11.5 Å². The first-order valence-electron chi connectivity index (χ1n) is 9.74. The van der Waals surface area contributed by atoms with Crippen LogP contribution in [0, 0.1) is 0 Å². The van der Waals surface area contributed by atoms with Crippen LogP contribution in [0.25, 0.3) is 11.1 Å². The van der Waals surface area contributed by atoms with E-state index in [-0.39, 0.29) is 5.91 Å². The van der Waals surface area contributed by atoms with E-state index in [9.17, 15) is 4.79 Å². The van der Waals surface area contributed by atoms with Crippen LogP contribution >= 0.6 is 0 Å². The molecule has 0 saturated carbocycles. The van der Waals surface area contributed by atoms with Gasteiger partial charge in [-0.25, -0.2) is 0 Å². The number of hydrogen-bond acceptors (Lipinski definition) is 4. The largest absolute Gasteiger partial charge is 0.497 e. The lowest BCUT2D eigenvalue weighted by atomic mass is 10.0. The highest BCUT2D eigenvalue weighted by molar-refractivity contribution is 5.96. The lowest BCUT2D eigenvalue weighted by Crippen LogP contribution is -2.29. The number of methoxy groups -OCH3 is 2. The molecule has 0 bridgehead atoms. The van der Waals surface area contributed by atoms with Gasteiger partial charge in [0, 0.05) is 37.1 Å². The molecule has 0 aliphatic carbocycles. The summed E-state index contributed by atoms with van der Waals surface area (Å²) in [6.45, 7) is 0.730. The zero-order chi connectivity index (χ0) is 20.2. The van der Waals surface area contributed by atoms with Gasteiger partial charge in [-0.3, -0.25) is 9.78 Å². The fourth-order valence-corrected chi connectivity index (χ4v) is 3.82. The monoisotopic (exact) mass is 388 g/mol. The molecule has 3 aromatic rings. The van der Waals surface area contributed by atoms with Crippen LogP contribution in [0.15, 0.2) is 60.9 Å². The number of aromatic nitrogens is 1. The molecule has 1 amide bonds. The standard InChI is InChI=1S/C24H24N2O3/c1-28-21-6-3-18(23(16-21)29-2)5-8-24(27)26-14-11-20-15-19(4-7-22(20)26)17-9-12-25-13-10-17/h3-4,6-7,9-10,12-13,15-16H,5,8,11,14H2,1-2H3. The Morgan fingerprint density at radius 1 is 1.00 bits per heavy atom. The summed E-state index contributed by atoms with van der Waals surface area (Å²) in [5, 5.41) is 0. The molecular weight excluding hydrogens is 364 g/mol. The topological polar surface area (TPSA) is 51.7 Å². The van der Waals surface area contributed by atoms with Gasteiger partial charge in [0.25, 0.3) is 0 Å². The van der Waals surface area contributed by atoms with E-state index in [1.807, 2.05) is 35.2 Å². The SMILES string of the molecule is COc1ccc(CCC(=O)N2CCc3cc(-c4ccncc4)ccc32)c(OC)c1. The molecule has 0 unspecified atom stereocenters. The number of fused-ring (bicyclic) bond motifs is 1. The van der Waals surface area contributed by atoms with Crippen molar-refractivity contribution >= 4 is 11.6 Å². The molecule has 0 spiro atoms. The minimum absolute atomic E-state index is 0.137. The summed E-state index contributed by atoms with van der Waals surface area (Å²) >= 11 is 0. The molecule has 0 N–H and O–H groups in total. The molecule has 0 saturated heterocycles. The smallest absolute Gasteiger partial charge is 0.227 e. The molecular formula is C24H24N2O3. The third-order valence-electron chi connectivity index (χ3n) is 5.39. The van der Waals surface area contributed by atoms with Gasteiger partial charge >= 0.3 is 0 Å². The normalized spacial score (nSPS) is 12.6. The van der Waals surface area contributed by atoms with E-state index in [4.69, 9.17) is 9.47 Å². The third-order valence-corrected chi connectivity index (χ3v) is 5.39. The van der Waals surface area contributed by atoms with Gasteiger partial charge in [-0.2, -0.15) is 0 Å². The van der Waals surface area contributed by atoms with Crippen LogP contribution in [0.4, 0.5) is 5.69 Å². The average molecular weight is 388 g/mol. The van der Waals surface area contributed by atoms with Crippen molar-refractivity contribution in [3.8, 4) is 22.6 Å². The predicted molar refractivity (Wildman–Crippen MR) is 114 cm³/mol. The maximum atomic E-state index is 12.9. The lowest BCUT2D eigenvalue weighted by Gasteiger charge is -2.18. The molecule has 1 aliphatic rings. The fourth-order valence-electron chi connectivity index (χ4n) is 3.82. The lowest BCUT2D eigenvalue weighted by molar-refractivity contribution is -0.118. The summed E-state index contributed by atoms with van der Waals surface area (Å²) in [7, 11) is 3.26. The van der Waals surface area contributed by atoms with Crippen LogP contribution in [-0.2, 0) is 17.6 Å². The summed E-state index contributed by atoms with van der Waals surface area (Å²) in [4.78, 5) is 18.9. The number of carbonyl (C=O) groups is 1. The number of anilines is 1. The highest BCUT2D eigenvalue weighted by Gasteiger charge is 2.25. The van der Waals surface area contributed by atoms with Crippen molar-refractivity contribution in [2.24, 2.45) is 0 Å². The van der Waals surface area contributed by atoms with Gasteiger partial charge < -0.3 is 14.4 Å². The van der Waals surface area contributed by atoms with E-state index < -0.39 is 0 Å². The van der Waals surface area contributed by atoms with Gasteiger partial charge in [0.05, 0.1) is 14.2 Å². The van der Waals surface area contributed by atoms with Gasteiger partial charge in [0.2, 0.25) is 5.91 Å². The minimum atomic E-state index is 0.137. The van der Waals surface area contributed by atoms with E-state index >= 15 is 0 Å². The van der Waals surface area contributed by atoms with Crippen LogP contribution in [0.1, 0.15) is 17.5 Å². The van der Waals surface area contributed by atoms with Crippen molar-refractivity contribution in [2.45, 2.75) is 19.3 Å². The van der Waals surface area contributed by atoms with E-state index in [1.54, 1.807) is 26.6 Å². The van der Waals surface area contributed by atoms with Gasteiger partial charge in [0.15, 0.2) is 0 Å². The summed E-state index contributed by atoms with van der Waals surface area (Å²) < 4.78 is 10.7. The van der Waals surface area contributed by atoms with Crippen LogP contribution in [-0.4, -0.2) is 31.7 Å². The number of nitrogens with zero attached hydrogens (tertiary/aromatic N) is 2. The molecule has 0 atom stereocenters. The van der Waals surface area contributed by atoms with Crippen molar-refractivity contribution in [1.29, 1.82) is 0 Å². The molecule has 5 nitrogen and oxygen atoms in total. The summed E-state index contributed by atoms with van der Waals surface area (Å²) in [5.41, 5.74) is 5.54. The Labute approximate surface area is 170 Å². The zero-order valence-corrected chi connectivity index (χ0v) is 16.7. The highest BCUT2D eigenvalue weighted by Crippen LogP contribution is 2.33. The van der Waals surface area contributed by atoms with Gasteiger partial charge in [-0.15, -0.1) is 0 Å². The summed E-state index contributed by atoms with van der Waals surface area (Å²) in [6.07, 6.45) is 5.55. The molecule has 4 rings (SSSR count). The second-order valence-corrected chi connectivity index (χ2v) is 7.05. The molecule has 0 fully saturated rings. The van der Waals surface area contributed by atoms with Crippen molar-refractivity contribution in [3.05, 3.63) is 72.1 Å². The molecule has 0 radical (unpaired) electrons. The number of rotatable bonds is 6. The van der Waals surface area contributed by atoms with E-state index in [0.29, 0.717) is 12.8 Å². The fraction of sp³-hybridized carbons (Fsp3) is 0.250. The number of ether oxygens (including phenoxy) is 2. The van der Waals surface area contributed by atoms with Crippen LogP contribution in [0.3, 0.4) is 0 Å². The number of pyridine rings is 1. The molecule has 1 aromatic heterocycles. The van der Waals surface area contributed by atoms with E-state index in [2.05, 4.69) is 23.2 Å². The Kier molecular flexibility index (Phi) is 5.47. The molecule has 2 aromatic carbocycles. The molecule has 148 valence electrons. The van der Waals surface area contributed by atoms with Crippen molar-refractivity contribution in [3.63, 3.8) is 0 Å². The minimum Gasteiger partial charge on any atom is -0.497 e. The second-order valence-electron chi connectivity index (χ2n) is 7.05. The quantitative estimate of drug-likeness (QED) is 0.632. The summed E-state index contributed by atoms with van der Waals surface area (Å²) in [5.74, 6) is 1.63. The van der Waals surface area contributed by atoms with E-state index in [1.165, 1.54) is 5.56 Å². The molecule has 29 heavy (non-hydrogen) atoms. The van der Waals surface area contributed by atoms with Gasteiger partial charge in [-0.05, 0) is 65.4 Å². The average Bonchev–Trinajstić information content (AvgIpc) is 3.21. The molecule has 1 aliphatic heterocycles.